The van der Waals surface area contributed by atoms with Crippen molar-refractivity contribution in [3.8, 4) is 0 Å². The molecule has 1 aromatic rings. The molecule has 2 nitrogen and oxygen atoms in total. The molecule has 0 aliphatic heterocycles. The first-order valence-corrected chi connectivity index (χ1v) is 6.85. The number of hydrogen-bond acceptors (Lipinski definition) is 2. The number of aryl methyl sites for hydroxylation is 1. The van der Waals surface area contributed by atoms with Gasteiger partial charge in [-0.05, 0) is 60.2 Å². The first-order valence-electron chi connectivity index (χ1n) is 6.05. The van der Waals surface area contributed by atoms with E-state index in [1.54, 1.807) is 0 Å². The lowest BCUT2D eigenvalue weighted by molar-refractivity contribution is 0.481. The number of aromatic nitrogens is 1. The summed E-state index contributed by atoms with van der Waals surface area (Å²) in [6.07, 6.45) is 7.37. The van der Waals surface area contributed by atoms with Crippen molar-refractivity contribution in [1.29, 1.82) is 0 Å². The highest BCUT2D eigenvalue weighted by atomic mass is 79.9. The highest BCUT2D eigenvalue weighted by Gasteiger charge is 2.21. The summed E-state index contributed by atoms with van der Waals surface area (Å²) in [5.74, 6) is 1.85. The molecule has 0 aromatic carbocycles. The Morgan fingerprint density at radius 2 is 2.12 bits per heavy atom. The standard InChI is InChI=1S/C13H19BrN2/c1-9-7-12(14)8-15-13(9)16-10(2)11-5-3-4-6-11/h7-8,10-11H,3-6H2,1-2H3,(H,15,16). The van der Waals surface area contributed by atoms with Gasteiger partial charge in [0.1, 0.15) is 5.82 Å². The molecule has 1 atom stereocenters. The monoisotopic (exact) mass is 282 g/mol. The van der Waals surface area contributed by atoms with Gasteiger partial charge < -0.3 is 5.32 Å². The predicted molar refractivity (Wildman–Crippen MR) is 71.7 cm³/mol. The molecule has 1 aromatic heterocycles. The zero-order chi connectivity index (χ0) is 11.5. The van der Waals surface area contributed by atoms with E-state index in [-0.39, 0.29) is 0 Å². The highest BCUT2D eigenvalue weighted by molar-refractivity contribution is 9.10. The number of nitrogens with one attached hydrogen (secondary N) is 1. The van der Waals surface area contributed by atoms with Crippen LogP contribution in [0.1, 0.15) is 38.2 Å². The molecule has 1 N–H and O–H groups in total. The normalized spacial score (nSPS) is 18.7. The molecule has 3 heteroatoms. The molecule has 0 saturated heterocycles. The SMILES string of the molecule is Cc1cc(Br)cnc1NC(C)C1CCCC1. The maximum Gasteiger partial charge on any atom is 0.129 e. The van der Waals surface area contributed by atoms with Crippen molar-refractivity contribution < 1.29 is 0 Å². The third kappa shape index (κ3) is 2.76. The van der Waals surface area contributed by atoms with Gasteiger partial charge in [-0.3, -0.25) is 0 Å². The van der Waals surface area contributed by atoms with E-state index in [2.05, 4.69) is 46.1 Å². The van der Waals surface area contributed by atoms with Crippen LogP contribution in [0.3, 0.4) is 0 Å². The summed E-state index contributed by atoms with van der Waals surface area (Å²) < 4.78 is 1.05. The Kier molecular flexibility index (Phi) is 3.85. The molecule has 1 fully saturated rings. The Balaban J connectivity index is 2.02. The molecule has 16 heavy (non-hydrogen) atoms. The molecule has 0 bridgehead atoms. The predicted octanol–water partition coefficient (Wildman–Crippen LogP) is 4.14. The molecule has 0 spiro atoms. The first kappa shape index (κ1) is 11.9. The van der Waals surface area contributed by atoms with Gasteiger partial charge in [-0.25, -0.2) is 4.98 Å². The van der Waals surface area contributed by atoms with E-state index < -0.39 is 0 Å². The lowest BCUT2D eigenvalue weighted by atomic mass is 10.00. The van der Waals surface area contributed by atoms with Gasteiger partial charge in [0.05, 0.1) is 0 Å². The maximum absolute atomic E-state index is 4.43. The third-order valence-electron chi connectivity index (χ3n) is 3.52. The summed E-state index contributed by atoms with van der Waals surface area (Å²) in [5, 5.41) is 3.55. The van der Waals surface area contributed by atoms with Crippen LogP contribution in [-0.4, -0.2) is 11.0 Å². The smallest absolute Gasteiger partial charge is 0.129 e. The summed E-state index contributed by atoms with van der Waals surface area (Å²) >= 11 is 3.44. The van der Waals surface area contributed by atoms with Crippen molar-refractivity contribution in [2.75, 3.05) is 5.32 Å². The molecule has 2 rings (SSSR count). The average Bonchev–Trinajstić information content (AvgIpc) is 2.75. The zero-order valence-electron chi connectivity index (χ0n) is 9.96. The summed E-state index contributed by atoms with van der Waals surface area (Å²) in [5.41, 5.74) is 1.21. The molecule has 0 amide bonds. The minimum Gasteiger partial charge on any atom is -0.367 e. The van der Waals surface area contributed by atoms with Crippen molar-refractivity contribution in [1.82, 2.24) is 4.98 Å². The van der Waals surface area contributed by atoms with Gasteiger partial charge in [-0.2, -0.15) is 0 Å². The highest BCUT2D eigenvalue weighted by Crippen LogP contribution is 2.29. The lowest BCUT2D eigenvalue weighted by Crippen LogP contribution is -2.24. The minimum atomic E-state index is 0.537. The molecule has 1 aliphatic carbocycles. The Morgan fingerprint density at radius 3 is 2.75 bits per heavy atom. The summed E-state index contributed by atoms with van der Waals surface area (Å²) in [6, 6.07) is 2.64. The molecule has 1 saturated carbocycles. The van der Waals surface area contributed by atoms with E-state index in [0.29, 0.717) is 6.04 Å². The van der Waals surface area contributed by atoms with E-state index >= 15 is 0 Å². The third-order valence-corrected chi connectivity index (χ3v) is 3.95. The van der Waals surface area contributed by atoms with Gasteiger partial charge in [0.2, 0.25) is 0 Å². The second kappa shape index (κ2) is 5.17. The van der Waals surface area contributed by atoms with Crippen molar-refractivity contribution >= 4 is 21.7 Å². The Hall–Kier alpha value is -0.570. The van der Waals surface area contributed by atoms with Gasteiger partial charge in [0.15, 0.2) is 0 Å². The Labute approximate surface area is 106 Å². The molecule has 1 unspecified atom stereocenters. The van der Waals surface area contributed by atoms with Crippen LogP contribution in [0.25, 0.3) is 0 Å². The van der Waals surface area contributed by atoms with Gasteiger partial charge in [0.25, 0.3) is 0 Å². The van der Waals surface area contributed by atoms with Crippen LogP contribution < -0.4 is 5.32 Å². The van der Waals surface area contributed by atoms with Crippen LogP contribution in [0.4, 0.5) is 5.82 Å². The topological polar surface area (TPSA) is 24.9 Å². The van der Waals surface area contributed by atoms with E-state index in [0.717, 1.165) is 16.2 Å². The van der Waals surface area contributed by atoms with Crippen molar-refractivity contribution in [3.63, 3.8) is 0 Å². The van der Waals surface area contributed by atoms with Crippen LogP contribution in [0.5, 0.6) is 0 Å². The van der Waals surface area contributed by atoms with Crippen LogP contribution in [-0.2, 0) is 0 Å². The number of nitrogens with zero attached hydrogens (tertiary/aromatic N) is 1. The molecular weight excluding hydrogens is 264 g/mol. The Bertz CT molecular complexity index is 359. The quantitative estimate of drug-likeness (QED) is 0.901. The van der Waals surface area contributed by atoms with Crippen LogP contribution >= 0.6 is 15.9 Å². The van der Waals surface area contributed by atoms with Crippen molar-refractivity contribution in [2.45, 2.75) is 45.6 Å². The second-order valence-corrected chi connectivity index (χ2v) is 5.71. The fourth-order valence-corrected chi connectivity index (χ4v) is 2.93. The fourth-order valence-electron chi connectivity index (χ4n) is 2.48. The molecule has 1 aliphatic rings. The number of pyridine rings is 1. The largest absolute Gasteiger partial charge is 0.367 e. The average molecular weight is 283 g/mol. The number of halogens is 1. The summed E-state index contributed by atoms with van der Waals surface area (Å²) in [4.78, 5) is 4.43. The minimum absolute atomic E-state index is 0.537. The van der Waals surface area contributed by atoms with Gasteiger partial charge in [-0.1, -0.05) is 12.8 Å². The van der Waals surface area contributed by atoms with E-state index in [1.807, 2.05) is 6.20 Å². The molecule has 1 heterocycles. The van der Waals surface area contributed by atoms with Crippen molar-refractivity contribution in [3.05, 3.63) is 22.3 Å². The number of hydrogen-bond donors (Lipinski definition) is 1. The second-order valence-electron chi connectivity index (χ2n) is 4.80. The maximum atomic E-state index is 4.43. The van der Waals surface area contributed by atoms with E-state index in [9.17, 15) is 0 Å². The van der Waals surface area contributed by atoms with Crippen LogP contribution in [0.15, 0.2) is 16.7 Å². The van der Waals surface area contributed by atoms with E-state index in [1.165, 1.54) is 31.2 Å². The molecule has 88 valence electrons. The lowest BCUT2D eigenvalue weighted by Gasteiger charge is -2.21. The first-order chi connectivity index (χ1) is 7.66. The van der Waals surface area contributed by atoms with Crippen LogP contribution in [0.2, 0.25) is 0 Å². The van der Waals surface area contributed by atoms with E-state index in [4.69, 9.17) is 0 Å². The summed E-state index contributed by atoms with van der Waals surface area (Å²) in [6.45, 7) is 4.38. The van der Waals surface area contributed by atoms with Gasteiger partial charge in [-0.15, -0.1) is 0 Å². The number of rotatable bonds is 3. The van der Waals surface area contributed by atoms with Crippen molar-refractivity contribution in [2.24, 2.45) is 5.92 Å². The zero-order valence-corrected chi connectivity index (χ0v) is 11.5. The molecule has 0 radical (unpaired) electrons. The Morgan fingerprint density at radius 1 is 1.44 bits per heavy atom. The summed E-state index contributed by atoms with van der Waals surface area (Å²) in [7, 11) is 0. The van der Waals surface area contributed by atoms with Crippen LogP contribution in [0, 0.1) is 12.8 Å². The number of anilines is 1. The fraction of sp³-hybridized carbons (Fsp3) is 0.615. The van der Waals surface area contributed by atoms with Gasteiger partial charge >= 0.3 is 0 Å². The van der Waals surface area contributed by atoms with Gasteiger partial charge in [0, 0.05) is 16.7 Å². The molecular formula is C13H19BrN2.